The number of furan rings is 1. The third-order valence-electron chi connectivity index (χ3n) is 11.4. The molecule has 5 nitrogen and oxygen atoms in total. The van der Waals surface area contributed by atoms with E-state index in [0.29, 0.717) is 0 Å². The molecule has 270 valence electrons. The maximum atomic E-state index is 6.89. The Bertz CT molecular complexity index is 3320. The normalized spacial score (nSPS) is 15.9. The highest BCUT2D eigenvalue weighted by Gasteiger charge is 2.22. The van der Waals surface area contributed by atoms with Gasteiger partial charge in [-0.3, -0.25) is 0 Å². The molecule has 1 N–H and O–H groups in total. The predicted molar refractivity (Wildman–Crippen MR) is 238 cm³/mol. The van der Waals surface area contributed by atoms with Crippen LogP contribution in [-0.4, -0.2) is 10.4 Å². The van der Waals surface area contributed by atoms with Crippen molar-refractivity contribution < 1.29 is 4.42 Å². The molecule has 0 bridgehead atoms. The average Bonchev–Trinajstić information content (AvgIpc) is 3.96. The Balaban J connectivity index is 1.01. The van der Waals surface area contributed by atoms with Gasteiger partial charge in [-0.1, -0.05) is 151 Å². The standard InChI is InChI=1S/C51H33N4OS/c1-3-14-31(15-4-1)49-52-50(32-16-5-2-6-17-32)54-51(53-49)33-28-29-38-45(30-33)57-44-27-12-20-36(46(38)44)37-21-11-22-39-47-42(25-13-26-43(47)56-48(37)39)55-40-23-9-7-18-34(40)35-19-8-10-24-41(35)55/h1-30,49-50,52H/q-1. The van der Waals surface area contributed by atoms with E-state index >= 15 is 0 Å². The number of hydrogen-bond acceptors (Lipinski definition) is 4. The van der Waals surface area contributed by atoms with Crippen molar-refractivity contribution in [1.82, 2.24) is 9.88 Å². The van der Waals surface area contributed by atoms with Gasteiger partial charge in [0, 0.05) is 54.2 Å². The molecule has 12 rings (SSSR count). The molecule has 11 aromatic rings. The summed E-state index contributed by atoms with van der Waals surface area (Å²) in [5.41, 5.74) is 10.7. The van der Waals surface area contributed by atoms with E-state index in [1.54, 1.807) is 0 Å². The molecule has 2 unspecified atom stereocenters. The summed E-state index contributed by atoms with van der Waals surface area (Å²) in [5, 5.41) is 16.0. The van der Waals surface area contributed by atoms with E-state index in [1.807, 2.05) is 23.5 Å². The van der Waals surface area contributed by atoms with Gasteiger partial charge in [-0.25, -0.2) is 0 Å². The number of aromatic nitrogens is 1. The van der Waals surface area contributed by atoms with Crippen LogP contribution in [0.4, 0.5) is 0 Å². The van der Waals surface area contributed by atoms with E-state index in [-0.39, 0.29) is 12.3 Å². The smallest absolute Gasteiger partial charge is 0.143 e. The van der Waals surface area contributed by atoms with E-state index in [0.717, 1.165) is 61.3 Å². The van der Waals surface area contributed by atoms with Crippen molar-refractivity contribution in [3.8, 4) is 16.8 Å². The van der Waals surface area contributed by atoms with Crippen LogP contribution in [0.1, 0.15) is 29.0 Å². The Hall–Kier alpha value is -6.99. The third kappa shape index (κ3) is 5.08. The summed E-state index contributed by atoms with van der Waals surface area (Å²) in [5.74, 6) is 0.752. The second-order valence-corrected chi connectivity index (χ2v) is 15.8. The molecule has 4 heterocycles. The van der Waals surface area contributed by atoms with Crippen LogP contribution in [0, 0.1) is 0 Å². The van der Waals surface area contributed by atoms with Crippen LogP contribution in [0.3, 0.4) is 0 Å². The van der Waals surface area contributed by atoms with Gasteiger partial charge in [0.2, 0.25) is 0 Å². The Morgan fingerprint density at radius 2 is 1.21 bits per heavy atom. The molecule has 2 atom stereocenters. The molecular formula is C51H33N4OS-. The van der Waals surface area contributed by atoms with Crippen molar-refractivity contribution in [3.05, 3.63) is 204 Å². The number of amidine groups is 1. The summed E-state index contributed by atoms with van der Waals surface area (Å²) < 4.78 is 11.7. The van der Waals surface area contributed by atoms with Gasteiger partial charge >= 0.3 is 0 Å². The maximum Gasteiger partial charge on any atom is 0.143 e. The van der Waals surface area contributed by atoms with Crippen LogP contribution in [0.2, 0.25) is 0 Å². The molecule has 8 aromatic carbocycles. The second kappa shape index (κ2) is 12.8. The van der Waals surface area contributed by atoms with Gasteiger partial charge in [-0.05, 0) is 58.7 Å². The topological polar surface area (TPSA) is 56.6 Å². The Morgan fingerprint density at radius 1 is 0.544 bits per heavy atom. The minimum absolute atomic E-state index is 0.214. The molecule has 0 saturated carbocycles. The van der Waals surface area contributed by atoms with E-state index in [4.69, 9.17) is 14.7 Å². The summed E-state index contributed by atoms with van der Waals surface area (Å²) in [6, 6.07) is 64.5. The summed E-state index contributed by atoms with van der Waals surface area (Å²) >= 11 is 1.81. The van der Waals surface area contributed by atoms with Crippen LogP contribution < -0.4 is 5.32 Å². The summed E-state index contributed by atoms with van der Waals surface area (Å²) in [6.45, 7) is 0. The minimum Gasteiger partial charge on any atom is -0.455 e. The summed E-state index contributed by atoms with van der Waals surface area (Å²) in [6.07, 6.45) is -0.429. The number of thiophene rings is 1. The molecule has 57 heavy (non-hydrogen) atoms. The molecule has 0 fully saturated rings. The maximum absolute atomic E-state index is 6.89. The Kier molecular flexibility index (Phi) is 7.24. The first-order valence-electron chi connectivity index (χ1n) is 19.3. The van der Waals surface area contributed by atoms with Crippen molar-refractivity contribution in [2.45, 2.75) is 12.3 Å². The molecule has 6 heteroatoms. The van der Waals surface area contributed by atoms with E-state index in [9.17, 15) is 0 Å². The van der Waals surface area contributed by atoms with Crippen molar-refractivity contribution >= 4 is 81.1 Å². The molecule has 0 radical (unpaired) electrons. The molecule has 0 spiro atoms. The molecular weight excluding hydrogens is 717 g/mol. The van der Waals surface area contributed by atoms with Crippen LogP contribution >= 0.6 is 11.3 Å². The summed E-state index contributed by atoms with van der Waals surface area (Å²) in [4.78, 5) is 5.17. The van der Waals surface area contributed by atoms with Crippen LogP contribution in [-0.2, 0) is 0 Å². The number of para-hydroxylation sites is 3. The van der Waals surface area contributed by atoms with Gasteiger partial charge in [-0.2, -0.15) is 0 Å². The lowest BCUT2D eigenvalue weighted by Crippen LogP contribution is -2.31. The number of fused-ring (bicyclic) bond motifs is 9. The van der Waals surface area contributed by atoms with Gasteiger partial charge in [-0.15, -0.1) is 11.3 Å². The monoisotopic (exact) mass is 749 g/mol. The third-order valence-corrected chi connectivity index (χ3v) is 12.5. The zero-order chi connectivity index (χ0) is 37.5. The minimum atomic E-state index is -0.214. The van der Waals surface area contributed by atoms with Gasteiger partial charge in [0.15, 0.2) is 0 Å². The van der Waals surface area contributed by atoms with Crippen LogP contribution in [0.15, 0.2) is 191 Å². The molecule has 3 aromatic heterocycles. The highest BCUT2D eigenvalue weighted by molar-refractivity contribution is 7.26. The van der Waals surface area contributed by atoms with E-state index in [2.05, 4.69) is 180 Å². The predicted octanol–water partition coefficient (Wildman–Crippen LogP) is 13.8. The lowest BCUT2D eigenvalue weighted by atomic mass is 9.97. The van der Waals surface area contributed by atoms with E-state index in [1.165, 1.54) is 42.0 Å². The molecule has 0 aliphatic carbocycles. The van der Waals surface area contributed by atoms with Crippen molar-refractivity contribution in [1.29, 1.82) is 0 Å². The second-order valence-electron chi connectivity index (χ2n) is 14.7. The largest absolute Gasteiger partial charge is 0.455 e. The molecule has 0 saturated heterocycles. The highest BCUT2D eigenvalue weighted by Crippen LogP contribution is 2.46. The van der Waals surface area contributed by atoms with Crippen molar-refractivity contribution in [2.75, 3.05) is 0 Å². The number of benzene rings is 8. The first kappa shape index (κ1) is 32.3. The number of hydrogen-bond donors (Lipinski definition) is 1. The molecule has 1 aliphatic rings. The van der Waals surface area contributed by atoms with Gasteiger partial charge < -0.3 is 24.6 Å². The fraction of sp³-hybridized carbons (Fsp3) is 0.0392. The number of rotatable bonds is 5. The van der Waals surface area contributed by atoms with Gasteiger partial charge in [0.05, 0.1) is 22.1 Å². The van der Waals surface area contributed by atoms with Crippen LogP contribution in [0.5, 0.6) is 0 Å². The Morgan fingerprint density at radius 3 is 2.00 bits per heavy atom. The first-order chi connectivity index (χ1) is 28.3. The van der Waals surface area contributed by atoms with Crippen molar-refractivity contribution in [2.24, 2.45) is 4.99 Å². The first-order valence-corrected chi connectivity index (χ1v) is 20.1. The van der Waals surface area contributed by atoms with Gasteiger partial charge in [0.1, 0.15) is 11.2 Å². The molecule has 1 aliphatic heterocycles. The fourth-order valence-electron chi connectivity index (χ4n) is 8.86. The Labute approximate surface area is 332 Å². The number of nitrogens with one attached hydrogen (secondary N) is 1. The fourth-order valence-corrected chi connectivity index (χ4v) is 10.0. The van der Waals surface area contributed by atoms with Crippen LogP contribution in [0.25, 0.3) is 86.0 Å². The SMILES string of the molecule is c1ccc(C2N=C(c3ccc4c(c3)sc3cccc(-c5cccc6c5oc5cccc(-n7c8ccccc8c8ccccc87)c56)c34)[N-]C(c3ccccc3)N2)cc1. The molecule has 0 amide bonds. The zero-order valence-electron chi connectivity index (χ0n) is 30.6. The average molecular weight is 750 g/mol. The zero-order valence-corrected chi connectivity index (χ0v) is 31.4. The number of nitrogens with zero attached hydrogens (tertiary/aromatic N) is 3. The van der Waals surface area contributed by atoms with Crippen molar-refractivity contribution in [3.63, 3.8) is 0 Å². The lowest BCUT2D eigenvalue weighted by Gasteiger charge is -2.40. The summed E-state index contributed by atoms with van der Waals surface area (Å²) in [7, 11) is 0. The lowest BCUT2D eigenvalue weighted by molar-refractivity contribution is 0.488. The van der Waals surface area contributed by atoms with Gasteiger partial charge in [0.25, 0.3) is 0 Å². The number of aliphatic imine (C=N–C) groups is 1. The highest BCUT2D eigenvalue weighted by atomic mass is 32.1. The van der Waals surface area contributed by atoms with E-state index < -0.39 is 0 Å². The quantitative estimate of drug-likeness (QED) is 0.190.